The first kappa shape index (κ1) is 18.3. The topological polar surface area (TPSA) is 71.7 Å². The minimum absolute atomic E-state index is 0.121. The van der Waals surface area contributed by atoms with Gasteiger partial charge in [-0.25, -0.2) is 0 Å². The van der Waals surface area contributed by atoms with Gasteiger partial charge in [-0.05, 0) is 45.6 Å². The average Bonchev–Trinajstić information content (AvgIpc) is 3.34. The molecule has 1 amide bonds. The van der Waals surface area contributed by atoms with Crippen LogP contribution in [0.1, 0.15) is 50.2 Å². The molecule has 1 aliphatic carbocycles. The van der Waals surface area contributed by atoms with Crippen molar-refractivity contribution in [3.63, 3.8) is 0 Å². The van der Waals surface area contributed by atoms with Gasteiger partial charge in [-0.1, -0.05) is 5.16 Å². The van der Waals surface area contributed by atoms with Crippen molar-refractivity contribution in [2.24, 2.45) is 5.41 Å². The number of carbonyl (C=O) groups is 1. The second kappa shape index (κ2) is 7.83. The van der Waals surface area contributed by atoms with E-state index in [1.54, 1.807) is 7.11 Å². The van der Waals surface area contributed by atoms with Crippen molar-refractivity contribution in [1.82, 2.24) is 19.9 Å². The lowest BCUT2D eigenvalue weighted by Gasteiger charge is -2.27. The molecule has 0 N–H and O–H groups in total. The van der Waals surface area contributed by atoms with Gasteiger partial charge in [0.05, 0.1) is 12.0 Å². The highest BCUT2D eigenvalue weighted by Gasteiger charge is 2.51. The standard InChI is InChI=1S/C18H30N4O3/c1-14-19-16(20-25-14)13-21(2)15-5-4-10-22(11-6-15)17(23)18(7-8-18)9-12-24-3/h15H,4-13H2,1-3H3. The fraction of sp³-hybridized carbons (Fsp3) is 0.833. The van der Waals surface area contributed by atoms with Crippen LogP contribution in [0.3, 0.4) is 0 Å². The highest BCUT2D eigenvalue weighted by molar-refractivity contribution is 5.85. The van der Waals surface area contributed by atoms with E-state index in [2.05, 4.69) is 27.0 Å². The van der Waals surface area contributed by atoms with Crippen molar-refractivity contribution in [1.29, 1.82) is 0 Å². The highest BCUT2D eigenvalue weighted by atomic mass is 16.5. The van der Waals surface area contributed by atoms with E-state index in [9.17, 15) is 4.79 Å². The molecule has 1 unspecified atom stereocenters. The zero-order valence-electron chi connectivity index (χ0n) is 15.7. The molecule has 1 aliphatic heterocycles. The number of hydrogen-bond acceptors (Lipinski definition) is 6. The predicted molar refractivity (Wildman–Crippen MR) is 92.9 cm³/mol. The first-order valence-corrected chi connectivity index (χ1v) is 9.32. The molecule has 0 radical (unpaired) electrons. The molecule has 1 atom stereocenters. The largest absolute Gasteiger partial charge is 0.385 e. The summed E-state index contributed by atoms with van der Waals surface area (Å²) in [5.41, 5.74) is -0.121. The maximum absolute atomic E-state index is 12.9. The second-order valence-electron chi connectivity index (χ2n) is 7.54. The molecule has 1 saturated carbocycles. The van der Waals surface area contributed by atoms with Crippen LogP contribution in [0.25, 0.3) is 0 Å². The first-order valence-electron chi connectivity index (χ1n) is 9.32. The van der Waals surface area contributed by atoms with Crippen LogP contribution >= 0.6 is 0 Å². The van der Waals surface area contributed by atoms with E-state index >= 15 is 0 Å². The lowest BCUT2D eigenvalue weighted by Crippen LogP contribution is -2.39. The van der Waals surface area contributed by atoms with Gasteiger partial charge >= 0.3 is 0 Å². The van der Waals surface area contributed by atoms with Crippen molar-refractivity contribution in [2.45, 2.75) is 58.0 Å². The van der Waals surface area contributed by atoms with E-state index in [0.29, 0.717) is 31.0 Å². The van der Waals surface area contributed by atoms with E-state index in [1.807, 2.05) is 6.92 Å². The maximum atomic E-state index is 12.9. The van der Waals surface area contributed by atoms with E-state index in [-0.39, 0.29) is 5.41 Å². The van der Waals surface area contributed by atoms with Crippen molar-refractivity contribution in [3.8, 4) is 0 Å². The van der Waals surface area contributed by atoms with Crippen LogP contribution in [0.5, 0.6) is 0 Å². The fourth-order valence-corrected chi connectivity index (χ4v) is 3.83. The quantitative estimate of drug-likeness (QED) is 0.749. The third-order valence-electron chi connectivity index (χ3n) is 5.66. The van der Waals surface area contributed by atoms with Crippen molar-refractivity contribution >= 4 is 5.91 Å². The summed E-state index contributed by atoms with van der Waals surface area (Å²) in [6.45, 7) is 4.89. The molecule has 140 valence electrons. The minimum Gasteiger partial charge on any atom is -0.385 e. The third-order valence-corrected chi connectivity index (χ3v) is 5.66. The Hall–Kier alpha value is -1.47. The van der Waals surface area contributed by atoms with Crippen LogP contribution in [0, 0.1) is 12.3 Å². The molecule has 7 nitrogen and oxygen atoms in total. The molecule has 25 heavy (non-hydrogen) atoms. The number of aryl methyl sites for hydroxylation is 1. The molecule has 0 aromatic carbocycles. The molecule has 0 spiro atoms. The summed E-state index contributed by atoms with van der Waals surface area (Å²) in [5, 5.41) is 3.98. The summed E-state index contributed by atoms with van der Waals surface area (Å²) >= 11 is 0. The Balaban J connectivity index is 1.52. The van der Waals surface area contributed by atoms with Crippen molar-refractivity contribution < 1.29 is 14.1 Å². The smallest absolute Gasteiger partial charge is 0.228 e. The lowest BCUT2D eigenvalue weighted by molar-refractivity contribution is -0.137. The van der Waals surface area contributed by atoms with Gasteiger partial charge in [0, 0.05) is 39.8 Å². The minimum atomic E-state index is -0.121. The zero-order valence-corrected chi connectivity index (χ0v) is 15.7. The predicted octanol–water partition coefficient (Wildman–Crippen LogP) is 2.01. The maximum Gasteiger partial charge on any atom is 0.228 e. The van der Waals surface area contributed by atoms with Crippen LogP contribution in [-0.2, 0) is 16.1 Å². The summed E-state index contributed by atoms with van der Waals surface area (Å²) < 4.78 is 10.2. The molecule has 2 heterocycles. The Labute approximate surface area is 149 Å². The Morgan fingerprint density at radius 2 is 2.20 bits per heavy atom. The van der Waals surface area contributed by atoms with Crippen LogP contribution in [0.2, 0.25) is 0 Å². The van der Waals surface area contributed by atoms with Crippen LogP contribution in [-0.4, -0.2) is 65.7 Å². The number of amides is 1. The van der Waals surface area contributed by atoms with E-state index in [0.717, 1.165) is 57.4 Å². The summed E-state index contributed by atoms with van der Waals surface area (Å²) in [6.07, 6.45) is 6.05. The summed E-state index contributed by atoms with van der Waals surface area (Å²) in [4.78, 5) is 21.6. The van der Waals surface area contributed by atoms with Gasteiger partial charge in [0.15, 0.2) is 5.82 Å². The van der Waals surface area contributed by atoms with Gasteiger partial charge < -0.3 is 14.2 Å². The Kier molecular flexibility index (Phi) is 5.74. The molecular weight excluding hydrogens is 320 g/mol. The molecule has 1 saturated heterocycles. The number of nitrogens with zero attached hydrogens (tertiary/aromatic N) is 4. The van der Waals surface area contributed by atoms with Gasteiger partial charge in [-0.2, -0.15) is 4.98 Å². The number of ether oxygens (including phenoxy) is 1. The molecule has 3 rings (SSSR count). The zero-order chi connectivity index (χ0) is 17.9. The molecule has 1 aromatic rings. The third kappa shape index (κ3) is 4.39. The van der Waals surface area contributed by atoms with Crippen LogP contribution in [0.15, 0.2) is 4.52 Å². The first-order chi connectivity index (χ1) is 12.0. The van der Waals surface area contributed by atoms with Gasteiger partial charge in [0.1, 0.15) is 0 Å². The summed E-state index contributed by atoms with van der Waals surface area (Å²) in [5.74, 6) is 1.68. The summed E-state index contributed by atoms with van der Waals surface area (Å²) in [7, 11) is 3.81. The average molecular weight is 350 g/mol. The molecule has 0 bridgehead atoms. The lowest BCUT2D eigenvalue weighted by atomic mass is 10.0. The van der Waals surface area contributed by atoms with E-state index < -0.39 is 0 Å². The Morgan fingerprint density at radius 3 is 2.84 bits per heavy atom. The molecule has 2 aliphatic rings. The number of aromatic nitrogens is 2. The molecule has 2 fully saturated rings. The molecule has 1 aromatic heterocycles. The van der Waals surface area contributed by atoms with Crippen molar-refractivity contribution in [2.75, 3.05) is 33.9 Å². The van der Waals surface area contributed by atoms with Crippen molar-refractivity contribution in [3.05, 3.63) is 11.7 Å². The Bertz CT molecular complexity index is 585. The number of hydrogen-bond donors (Lipinski definition) is 0. The molecular formula is C18H30N4O3. The monoisotopic (exact) mass is 350 g/mol. The van der Waals surface area contributed by atoms with Gasteiger partial charge in [0.2, 0.25) is 11.8 Å². The van der Waals surface area contributed by atoms with E-state index in [1.165, 1.54) is 0 Å². The summed E-state index contributed by atoms with van der Waals surface area (Å²) in [6, 6.07) is 0.450. The number of likely N-dealkylation sites (tertiary alicyclic amines) is 1. The Morgan fingerprint density at radius 1 is 1.40 bits per heavy atom. The van der Waals surface area contributed by atoms with Gasteiger partial charge in [-0.15, -0.1) is 0 Å². The van der Waals surface area contributed by atoms with Crippen LogP contribution < -0.4 is 0 Å². The second-order valence-corrected chi connectivity index (χ2v) is 7.54. The molecule has 7 heteroatoms. The SMILES string of the molecule is COCCC1(C(=O)N2CCCC(N(C)Cc3noc(C)n3)CC2)CC1. The number of methoxy groups -OCH3 is 1. The van der Waals surface area contributed by atoms with Gasteiger partial charge in [-0.3, -0.25) is 9.69 Å². The van der Waals surface area contributed by atoms with Gasteiger partial charge in [0.25, 0.3) is 0 Å². The van der Waals surface area contributed by atoms with Crippen LogP contribution in [0.4, 0.5) is 0 Å². The normalized spacial score (nSPS) is 22.9. The highest BCUT2D eigenvalue weighted by Crippen LogP contribution is 2.50. The number of rotatable bonds is 7. The number of carbonyl (C=O) groups excluding carboxylic acids is 1. The fourth-order valence-electron chi connectivity index (χ4n) is 3.83. The van der Waals surface area contributed by atoms with E-state index in [4.69, 9.17) is 9.26 Å².